The average Bonchev–Trinajstić information content (AvgIpc) is 3.22. The van der Waals surface area contributed by atoms with Gasteiger partial charge in [0.05, 0.1) is 12.4 Å². The Morgan fingerprint density at radius 2 is 1.66 bits per heavy atom. The number of rotatable bonds is 13. The third-order valence-electron chi connectivity index (χ3n) is 4.45. The Balaban J connectivity index is 2.78. The zero-order valence-electron chi connectivity index (χ0n) is 17.6. The molecule has 5 unspecified atom stereocenters. The molecule has 0 aliphatic rings. The maximum Gasteiger partial charge on any atom is 0.326 e. The zero-order chi connectivity index (χ0) is 24.4. The SMILES string of the molecule is CC(NC(=O)C(CCC(=O)O)NC(=O)C(N)C(C)O)C(=O)NC(Cc1cnc[nH]1)C(=O)O. The average molecular weight is 456 g/mol. The monoisotopic (exact) mass is 456 g/mol. The number of carbonyl (C=O) groups excluding carboxylic acids is 3. The van der Waals surface area contributed by atoms with E-state index in [2.05, 4.69) is 25.9 Å². The van der Waals surface area contributed by atoms with Crippen LogP contribution >= 0.6 is 0 Å². The second-order valence-electron chi connectivity index (χ2n) is 7.17. The van der Waals surface area contributed by atoms with Gasteiger partial charge in [0.25, 0.3) is 0 Å². The van der Waals surface area contributed by atoms with Crippen LogP contribution in [0, 0.1) is 0 Å². The van der Waals surface area contributed by atoms with Gasteiger partial charge < -0.3 is 42.0 Å². The number of carboxylic acid groups (broad SMARTS) is 2. The molecule has 0 bridgehead atoms. The predicted molar refractivity (Wildman–Crippen MR) is 108 cm³/mol. The maximum absolute atomic E-state index is 12.5. The van der Waals surface area contributed by atoms with Crippen LogP contribution in [0.1, 0.15) is 32.4 Å². The largest absolute Gasteiger partial charge is 0.481 e. The number of aliphatic hydroxyl groups excluding tert-OH is 1. The molecule has 1 rings (SSSR count). The molecule has 1 aromatic heterocycles. The Morgan fingerprint density at radius 1 is 1.03 bits per heavy atom. The molecular weight excluding hydrogens is 428 g/mol. The summed E-state index contributed by atoms with van der Waals surface area (Å²) < 4.78 is 0. The van der Waals surface area contributed by atoms with E-state index in [1.54, 1.807) is 0 Å². The number of amides is 3. The molecule has 1 aromatic rings. The highest BCUT2D eigenvalue weighted by Gasteiger charge is 2.29. The van der Waals surface area contributed by atoms with Crippen LogP contribution in [0.4, 0.5) is 0 Å². The van der Waals surface area contributed by atoms with Crippen molar-refractivity contribution in [3.8, 4) is 0 Å². The molecule has 0 saturated carbocycles. The van der Waals surface area contributed by atoms with E-state index in [4.69, 9.17) is 10.8 Å². The molecule has 1 heterocycles. The summed E-state index contributed by atoms with van der Waals surface area (Å²) >= 11 is 0. The first-order chi connectivity index (χ1) is 14.9. The van der Waals surface area contributed by atoms with Crippen LogP contribution in [0.15, 0.2) is 12.5 Å². The highest BCUT2D eigenvalue weighted by atomic mass is 16.4. The molecule has 0 aromatic carbocycles. The van der Waals surface area contributed by atoms with Crippen molar-refractivity contribution < 1.29 is 39.3 Å². The number of hydrogen-bond acceptors (Lipinski definition) is 8. The number of carboxylic acids is 2. The highest BCUT2D eigenvalue weighted by molar-refractivity contribution is 5.94. The lowest BCUT2D eigenvalue weighted by molar-refractivity contribution is -0.142. The van der Waals surface area contributed by atoms with Crippen molar-refractivity contribution >= 4 is 29.7 Å². The molecule has 32 heavy (non-hydrogen) atoms. The number of aliphatic hydroxyl groups is 1. The van der Waals surface area contributed by atoms with Crippen molar-refractivity contribution in [2.45, 2.75) is 63.4 Å². The summed E-state index contributed by atoms with van der Waals surface area (Å²) in [6.45, 7) is 2.56. The fraction of sp³-hybridized carbons (Fsp3) is 0.556. The molecule has 0 aliphatic carbocycles. The van der Waals surface area contributed by atoms with Crippen LogP contribution in [0.5, 0.6) is 0 Å². The van der Waals surface area contributed by atoms with Gasteiger partial charge >= 0.3 is 11.9 Å². The Bertz CT molecular complexity index is 812. The highest BCUT2D eigenvalue weighted by Crippen LogP contribution is 2.03. The van der Waals surface area contributed by atoms with E-state index in [-0.39, 0.29) is 12.8 Å². The zero-order valence-corrected chi connectivity index (χ0v) is 17.6. The van der Waals surface area contributed by atoms with Crippen molar-refractivity contribution in [3.05, 3.63) is 18.2 Å². The molecule has 0 radical (unpaired) electrons. The number of hydrogen-bond donors (Lipinski definition) is 8. The number of aromatic amines is 1. The lowest BCUT2D eigenvalue weighted by atomic mass is 10.1. The molecule has 0 spiro atoms. The van der Waals surface area contributed by atoms with Crippen LogP contribution in [0.25, 0.3) is 0 Å². The molecule has 0 aliphatic heterocycles. The van der Waals surface area contributed by atoms with Gasteiger partial charge in [-0.3, -0.25) is 19.2 Å². The van der Waals surface area contributed by atoms with Gasteiger partial charge in [-0.25, -0.2) is 9.78 Å². The van der Waals surface area contributed by atoms with E-state index in [1.807, 2.05) is 0 Å². The third kappa shape index (κ3) is 8.69. The molecule has 5 atom stereocenters. The van der Waals surface area contributed by atoms with E-state index in [9.17, 15) is 34.2 Å². The molecule has 14 nitrogen and oxygen atoms in total. The minimum absolute atomic E-state index is 0.0731. The van der Waals surface area contributed by atoms with Crippen LogP contribution in [-0.2, 0) is 30.4 Å². The summed E-state index contributed by atoms with van der Waals surface area (Å²) in [6.07, 6.45) is 0.704. The van der Waals surface area contributed by atoms with Gasteiger partial charge in [-0.15, -0.1) is 0 Å². The maximum atomic E-state index is 12.5. The Kier molecular flexibility index (Phi) is 10.2. The molecular formula is C18H28N6O8. The number of imidazole rings is 1. The smallest absolute Gasteiger partial charge is 0.326 e. The lowest BCUT2D eigenvalue weighted by Gasteiger charge is -2.23. The number of aliphatic carboxylic acids is 2. The normalized spacial score (nSPS) is 15.5. The Labute approximate surface area is 183 Å². The minimum atomic E-state index is -1.35. The lowest BCUT2D eigenvalue weighted by Crippen LogP contribution is -2.57. The summed E-state index contributed by atoms with van der Waals surface area (Å²) in [4.78, 5) is 65.8. The van der Waals surface area contributed by atoms with Gasteiger partial charge in [-0.1, -0.05) is 0 Å². The van der Waals surface area contributed by atoms with Gasteiger partial charge in [0.15, 0.2) is 0 Å². The van der Waals surface area contributed by atoms with Crippen molar-refractivity contribution in [2.24, 2.45) is 5.73 Å². The summed E-state index contributed by atoms with van der Waals surface area (Å²) in [5.41, 5.74) is 5.99. The number of carbonyl (C=O) groups is 5. The standard InChI is InChI=1S/C18H28N6O8/c1-8(15(28)24-12(18(31)32)5-10-6-20-7-21-10)22-16(29)11(3-4-13(26)27)23-17(30)14(19)9(2)25/h6-9,11-12,14,25H,3-5,19H2,1-2H3,(H,20,21)(H,22,29)(H,23,30)(H,24,28)(H,26,27)(H,31,32). The molecule has 178 valence electrons. The van der Waals surface area contributed by atoms with Crippen LogP contribution < -0.4 is 21.7 Å². The van der Waals surface area contributed by atoms with Gasteiger partial charge in [-0.2, -0.15) is 0 Å². The number of H-pyrrole nitrogens is 1. The van der Waals surface area contributed by atoms with E-state index in [0.717, 1.165) is 0 Å². The second-order valence-corrected chi connectivity index (χ2v) is 7.17. The molecule has 0 saturated heterocycles. The van der Waals surface area contributed by atoms with Gasteiger partial charge in [0, 0.05) is 24.7 Å². The number of nitrogens with one attached hydrogen (secondary N) is 4. The van der Waals surface area contributed by atoms with E-state index in [1.165, 1.54) is 26.4 Å². The van der Waals surface area contributed by atoms with Gasteiger partial charge in [0.1, 0.15) is 24.2 Å². The summed E-state index contributed by atoms with van der Waals surface area (Å²) in [7, 11) is 0. The first-order valence-corrected chi connectivity index (χ1v) is 9.69. The first kappa shape index (κ1) is 26.5. The Hall–Kier alpha value is -3.52. The molecule has 0 fully saturated rings. The second kappa shape index (κ2) is 12.4. The van der Waals surface area contributed by atoms with E-state index in [0.29, 0.717) is 5.69 Å². The minimum Gasteiger partial charge on any atom is -0.481 e. The fourth-order valence-electron chi connectivity index (χ4n) is 2.52. The summed E-state index contributed by atoms with van der Waals surface area (Å²) in [5, 5.41) is 34.4. The van der Waals surface area contributed by atoms with Crippen molar-refractivity contribution in [2.75, 3.05) is 0 Å². The van der Waals surface area contributed by atoms with E-state index >= 15 is 0 Å². The topological polar surface area (TPSA) is 237 Å². The van der Waals surface area contributed by atoms with Gasteiger partial charge in [-0.05, 0) is 20.3 Å². The summed E-state index contributed by atoms with van der Waals surface area (Å²) in [6, 6.07) is -5.21. The van der Waals surface area contributed by atoms with Crippen molar-refractivity contribution in [1.29, 1.82) is 0 Å². The summed E-state index contributed by atoms with van der Waals surface area (Å²) in [5.74, 6) is -5.08. The quantitative estimate of drug-likeness (QED) is 0.150. The van der Waals surface area contributed by atoms with Crippen LogP contribution in [0.2, 0.25) is 0 Å². The van der Waals surface area contributed by atoms with E-state index < -0.39 is 66.4 Å². The van der Waals surface area contributed by atoms with Crippen molar-refractivity contribution in [3.63, 3.8) is 0 Å². The fourth-order valence-corrected chi connectivity index (χ4v) is 2.52. The third-order valence-corrected chi connectivity index (χ3v) is 4.45. The number of nitrogens with two attached hydrogens (primary N) is 1. The Morgan fingerprint density at radius 3 is 2.16 bits per heavy atom. The molecule has 3 amide bonds. The van der Waals surface area contributed by atoms with Crippen LogP contribution in [0.3, 0.4) is 0 Å². The first-order valence-electron chi connectivity index (χ1n) is 9.69. The van der Waals surface area contributed by atoms with Crippen molar-refractivity contribution in [1.82, 2.24) is 25.9 Å². The number of nitrogens with zero attached hydrogens (tertiary/aromatic N) is 1. The predicted octanol–water partition coefficient (Wildman–Crippen LogP) is -2.92. The molecule has 9 N–H and O–H groups in total. The van der Waals surface area contributed by atoms with Gasteiger partial charge in [0.2, 0.25) is 17.7 Å². The molecule has 14 heteroatoms. The number of aromatic nitrogens is 2. The van der Waals surface area contributed by atoms with Crippen LogP contribution in [-0.4, -0.2) is 85.2 Å².